The zero-order valence-corrected chi connectivity index (χ0v) is 16.5. The lowest BCUT2D eigenvalue weighted by Gasteiger charge is -2.11. The highest BCUT2D eigenvalue weighted by Crippen LogP contribution is 2.30. The number of hydrogen-bond acceptors (Lipinski definition) is 6. The molecule has 2 aromatic heterocycles. The van der Waals surface area contributed by atoms with Crippen molar-refractivity contribution in [2.75, 3.05) is 23.8 Å². The van der Waals surface area contributed by atoms with Gasteiger partial charge in [0.2, 0.25) is 0 Å². The van der Waals surface area contributed by atoms with Gasteiger partial charge in [0.1, 0.15) is 0 Å². The third-order valence-electron chi connectivity index (χ3n) is 4.80. The smallest absolute Gasteiger partial charge is 0.342 e. The number of anilines is 2. The molecule has 4 aromatic rings. The Morgan fingerprint density at radius 2 is 1.61 bits per heavy atom. The third-order valence-corrected chi connectivity index (χ3v) is 4.80. The summed E-state index contributed by atoms with van der Waals surface area (Å²) in [5.41, 5.74) is 7.39. The predicted octanol–water partition coefficient (Wildman–Crippen LogP) is 3.88. The average Bonchev–Trinajstić information content (AvgIpc) is 2.83. The number of aromatic nitrogens is 2. The summed E-state index contributed by atoms with van der Waals surface area (Å²) in [6.45, 7) is 0.601. The molecule has 0 unspecified atom stereocenters. The molecule has 0 saturated heterocycles. The maximum Gasteiger partial charge on any atom is 0.342 e. The van der Waals surface area contributed by atoms with E-state index in [1.165, 1.54) is 0 Å². The number of carbonyl (C=O) groups excluding carboxylic acids is 1. The molecule has 0 saturated carbocycles. The zero-order valence-electron chi connectivity index (χ0n) is 16.5. The van der Waals surface area contributed by atoms with E-state index >= 15 is 0 Å². The molecule has 0 radical (unpaired) electrons. The Hall–Kier alpha value is -4.01. The van der Waals surface area contributed by atoms with E-state index in [0.29, 0.717) is 28.8 Å². The Kier molecular flexibility index (Phi) is 6.02. The van der Waals surface area contributed by atoms with Crippen LogP contribution in [-0.2, 0) is 0 Å². The van der Waals surface area contributed by atoms with Crippen molar-refractivity contribution in [3.8, 4) is 22.4 Å². The molecule has 0 aliphatic carbocycles. The van der Waals surface area contributed by atoms with Crippen molar-refractivity contribution in [1.82, 2.24) is 15.4 Å². The number of pyridine rings is 2. The lowest BCUT2D eigenvalue weighted by atomic mass is 10.0. The number of rotatable bonds is 6. The number of urea groups is 1. The molecule has 8 heteroatoms. The fourth-order valence-corrected chi connectivity index (χ4v) is 3.28. The molecule has 2 aromatic carbocycles. The van der Waals surface area contributed by atoms with Crippen LogP contribution in [0.1, 0.15) is 0 Å². The van der Waals surface area contributed by atoms with E-state index in [2.05, 4.69) is 20.6 Å². The Labute approximate surface area is 178 Å². The molecule has 4 rings (SSSR count). The van der Waals surface area contributed by atoms with Crippen molar-refractivity contribution >= 4 is 28.3 Å². The Morgan fingerprint density at radius 1 is 0.935 bits per heavy atom. The predicted molar refractivity (Wildman–Crippen MR) is 120 cm³/mol. The second kappa shape index (κ2) is 9.21. The number of nitrogens with one attached hydrogen (secondary N) is 3. The van der Waals surface area contributed by atoms with E-state index < -0.39 is 6.03 Å². The summed E-state index contributed by atoms with van der Waals surface area (Å²) in [5, 5.41) is 24.1. The van der Waals surface area contributed by atoms with Gasteiger partial charge in [-0.25, -0.2) is 15.3 Å². The van der Waals surface area contributed by atoms with E-state index in [1.54, 1.807) is 30.0 Å². The van der Waals surface area contributed by atoms with Gasteiger partial charge in [-0.05, 0) is 35.4 Å². The van der Waals surface area contributed by atoms with Gasteiger partial charge in [-0.1, -0.05) is 36.4 Å². The highest BCUT2D eigenvalue weighted by Gasteiger charge is 2.10. The summed E-state index contributed by atoms with van der Waals surface area (Å²) in [6.07, 6.45) is 3.25. The van der Waals surface area contributed by atoms with Gasteiger partial charge in [0.05, 0.1) is 23.5 Å². The number of hydroxylamine groups is 1. The summed E-state index contributed by atoms with van der Waals surface area (Å²) in [5.74, 6) is 0. The van der Waals surface area contributed by atoms with Crippen LogP contribution in [0.3, 0.4) is 0 Å². The molecule has 0 bridgehead atoms. The molecule has 0 aliphatic heterocycles. The first kappa shape index (κ1) is 20.3. The number of carbonyl (C=O) groups is 1. The van der Waals surface area contributed by atoms with Crippen LogP contribution in [0.25, 0.3) is 33.3 Å². The number of aliphatic hydroxyl groups excluding tert-OH is 1. The van der Waals surface area contributed by atoms with E-state index in [4.69, 9.17) is 10.3 Å². The number of amides is 2. The molecule has 0 fully saturated rings. The Bertz CT molecular complexity index is 1190. The monoisotopic (exact) mass is 415 g/mol. The van der Waals surface area contributed by atoms with Gasteiger partial charge in [-0.3, -0.25) is 10.2 Å². The quantitative estimate of drug-likeness (QED) is 0.241. The van der Waals surface area contributed by atoms with Gasteiger partial charge in [0, 0.05) is 35.6 Å². The molecule has 5 N–H and O–H groups in total. The van der Waals surface area contributed by atoms with Crippen LogP contribution in [0.2, 0.25) is 0 Å². The number of nitrogens with zero attached hydrogens (tertiary/aromatic N) is 2. The summed E-state index contributed by atoms with van der Waals surface area (Å²) >= 11 is 0. The topological polar surface area (TPSA) is 119 Å². The first-order valence-electron chi connectivity index (χ1n) is 9.69. The Balaban J connectivity index is 1.63. The number of aliphatic hydroxyl groups is 1. The highest BCUT2D eigenvalue weighted by molar-refractivity contribution is 6.01. The molecular weight excluding hydrogens is 394 g/mol. The van der Waals surface area contributed by atoms with Gasteiger partial charge >= 0.3 is 6.03 Å². The molecule has 2 amide bonds. The van der Waals surface area contributed by atoms with Crippen molar-refractivity contribution in [1.29, 1.82) is 0 Å². The summed E-state index contributed by atoms with van der Waals surface area (Å²) in [6, 6.07) is 18.7. The van der Waals surface area contributed by atoms with Gasteiger partial charge in [0.15, 0.2) is 0 Å². The summed E-state index contributed by atoms with van der Waals surface area (Å²) in [4.78, 5) is 20.4. The lowest BCUT2D eigenvalue weighted by molar-refractivity contribution is 0.172. The molecule has 0 aliphatic rings. The third kappa shape index (κ3) is 4.61. The van der Waals surface area contributed by atoms with Gasteiger partial charge < -0.3 is 15.7 Å². The first-order valence-corrected chi connectivity index (χ1v) is 9.69. The van der Waals surface area contributed by atoms with Crippen LogP contribution in [0.5, 0.6) is 0 Å². The number of benzene rings is 2. The van der Waals surface area contributed by atoms with Crippen molar-refractivity contribution < 1.29 is 15.1 Å². The SMILES string of the molecule is O=C(NO)Nc1cc(-c2ccc(-c3ccc(NCCO)cc3)cc2)nc2ccncc12. The van der Waals surface area contributed by atoms with E-state index in [0.717, 1.165) is 22.4 Å². The summed E-state index contributed by atoms with van der Waals surface area (Å²) in [7, 11) is 0. The van der Waals surface area contributed by atoms with Gasteiger partial charge in [0.25, 0.3) is 0 Å². The molecular formula is C23H21N5O3. The van der Waals surface area contributed by atoms with E-state index in [-0.39, 0.29) is 6.61 Å². The van der Waals surface area contributed by atoms with E-state index in [1.807, 2.05) is 48.5 Å². The summed E-state index contributed by atoms with van der Waals surface area (Å²) < 4.78 is 0. The second-order valence-corrected chi connectivity index (χ2v) is 6.82. The largest absolute Gasteiger partial charge is 0.395 e. The van der Waals surface area contributed by atoms with Crippen LogP contribution in [0, 0.1) is 0 Å². The molecule has 2 heterocycles. The van der Waals surface area contributed by atoms with Crippen molar-refractivity contribution in [2.24, 2.45) is 0 Å². The van der Waals surface area contributed by atoms with Crippen LogP contribution < -0.4 is 16.1 Å². The van der Waals surface area contributed by atoms with Crippen molar-refractivity contribution in [2.45, 2.75) is 0 Å². The fraction of sp³-hybridized carbons (Fsp3) is 0.0870. The standard InChI is InChI=1S/C23H21N5O3/c29-12-11-25-18-7-5-16(6-8-18)15-1-3-17(4-2-15)21-13-22(27-23(30)28-31)19-14-24-10-9-20(19)26-21/h1-10,13-14,25,29,31H,11-12H2,(H2,26,27,28,30). The minimum Gasteiger partial charge on any atom is -0.395 e. The number of fused-ring (bicyclic) bond motifs is 1. The zero-order chi connectivity index (χ0) is 21.6. The minimum atomic E-state index is -0.741. The van der Waals surface area contributed by atoms with Gasteiger partial charge in [-0.2, -0.15) is 0 Å². The molecule has 0 atom stereocenters. The van der Waals surface area contributed by atoms with Gasteiger partial charge in [-0.15, -0.1) is 0 Å². The number of hydrogen-bond donors (Lipinski definition) is 5. The Morgan fingerprint density at radius 3 is 2.29 bits per heavy atom. The normalized spacial score (nSPS) is 10.6. The van der Waals surface area contributed by atoms with Crippen LogP contribution in [0.15, 0.2) is 73.1 Å². The second-order valence-electron chi connectivity index (χ2n) is 6.82. The van der Waals surface area contributed by atoms with Crippen molar-refractivity contribution in [3.05, 3.63) is 73.1 Å². The van der Waals surface area contributed by atoms with Crippen molar-refractivity contribution in [3.63, 3.8) is 0 Å². The highest BCUT2D eigenvalue weighted by atomic mass is 16.5. The van der Waals surface area contributed by atoms with Crippen LogP contribution in [-0.4, -0.2) is 39.5 Å². The minimum absolute atomic E-state index is 0.0877. The molecule has 156 valence electrons. The molecule has 31 heavy (non-hydrogen) atoms. The average molecular weight is 415 g/mol. The molecule has 8 nitrogen and oxygen atoms in total. The van der Waals surface area contributed by atoms with Crippen LogP contribution >= 0.6 is 0 Å². The maximum absolute atomic E-state index is 11.6. The first-order chi connectivity index (χ1) is 15.2. The molecule has 0 spiro atoms. The van der Waals surface area contributed by atoms with Crippen LogP contribution in [0.4, 0.5) is 16.2 Å². The maximum atomic E-state index is 11.6. The van der Waals surface area contributed by atoms with E-state index in [9.17, 15) is 4.79 Å². The fourth-order valence-electron chi connectivity index (χ4n) is 3.28. The lowest BCUT2D eigenvalue weighted by Crippen LogP contribution is -2.25.